The molecule has 5 nitrogen and oxygen atoms in total. The minimum atomic E-state index is -0.0607. The molecule has 0 saturated heterocycles. The Hall–Kier alpha value is -3.34. The smallest absolute Gasteiger partial charge is 0.211 e. The average Bonchev–Trinajstić information content (AvgIpc) is 2.64. The zero-order chi connectivity index (χ0) is 17.6. The molecule has 0 aliphatic rings. The molecule has 0 unspecified atom stereocenters. The molecule has 3 rings (SSSR count). The molecular weight excluding hydrogens is 312 g/mol. The quantitative estimate of drug-likeness (QED) is 0.426. The Kier molecular flexibility index (Phi) is 4.95. The summed E-state index contributed by atoms with van der Waals surface area (Å²) in [5, 5.41) is 10.0. The van der Waals surface area contributed by atoms with E-state index in [-0.39, 0.29) is 5.96 Å². The van der Waals surface area contributed by atoms with E-state index in [1.165, 1.54) is 10.8 Å². The van der Waals surface area contributed by atoms with Gasteiger partial charge in [0.05, 0.1) is 5.71 Å². The molecule has 0 fully saturated rings. The van der Waals surface area contributed by atoms with Gasteiger partial charge in [0.25, 0.3) is 0 Å². The van der Waals surface area contributed by atoms with Crippen LogP contribution in [0.5, 0.6) is 5.75 Å². The van der Waals surface area contributed by atoms with Crippen LogP contribution in [0.2, 0.25) is 0 Å². The van der Waals surface area contributed by atoms with Gasteiger partial charge >= 0.3 is 0 Å². The highest BCUT2D eigenvalue weighted by molar-refractivity contribution is 5.99. The minimum Gasteiger partial charge on any atom is -0.489 e. The number of ether oxygens (including phenoxy) is 1. The van der Waals surface area contributed by atoms with E-state index in [1.807, 2.05) is 49.4 Å². The highest BCUT2D eigenvalue weighted by Crippen LogP contribution is 2.21. The van der Waals surface area contributed by atoms with E-state index in [1.54, 1.807) is 0 Å². The Morgan fingerprint density at radius 3 is 2.36 bits per heavy atom. The van der Waals surface area contributed by atoms with Gasteiger partial charge in [-0.3, -0.25) is 0 Å². The maximum absolute atomic E-state index is 5.93. The van der Waals surface area contributed by atoms with Crippen molar-refractivity contribution < 1.29 is 4.74 Å². The van der Waals surface area contributed by atoms with E-state index in [0.29, 0.717) is 6.61 Å². The van der Waals surface area contributed by atoms with E-state index < -0.39 is 0 Å². The van der Waals surface area contributed by atoms with Gasteiger partial charge in [0.1, 0.15) is 12.4 Å². The number of fused-ring (bicyclic) bond motifs is 1. The molecule has 0 amide bonds. The maximum Gasteiger partial charge on any atom is 0.211 e. The first-order valence-electron chi connectivity index (χ1n) is 7.96. The standard InChI is InChI=1S/C20H20N4O/c1-14(23-24-20(21)22)15-9-11-18(12-10-15)25-13-17-7-4-6-16-5-2-3-8-19(16)17/h2-12H,13H2,1H3,(H4,21,22,24)/b23-14+. The largest absolute Gasteiger partial charge is 0.489 e. The van der Waals surface area contributed by atoms with Crippen LogP contribution in [-0.4, -0.2) is 11.7 Å². The van der Waals surface area contributed by atoms with Gasteiger partial charge in [-0.15, -0.1) is 5.10 Å². The second kappa shape index (κ2) is 7.49. The summed E-state index contributed by atoms with van der Waals surface area (Å²) in [4.78, 5) is 0. The van der Waals surface area contributed by atoms with E-state index in [0.717, 1.165) is 22.6 Å². The second-order valence-corrected chi connectivity index (χ2v) is 5.66. The first-order chi connectivity index (χ1) is 12.1. The summed E-state index contributed by atoms with van der Waals surface area (Å²) in [6.45, 7) is 2.36. The third kappa shape index (κ3) is 4.14. The van der Waals surface area contributed by atoms with E-state index in [4.69, 9.17) is 16.2 Å². The van der Waals surface area contributed by atoms with Crippen LogP contribution in [0.15, 0.2) is 76.9 Å². The molecule has 25 heavy (non-hydrogen) atoms. The Labute approximate surface area is 146 Å². The van der Waals surface area contributed by atoms with Crippen LogP contribution in [0, 0.1) is 0 Å². The molecule has 5 heteroatoms. The predicted molar refractivity (Wildman–Crippen MR) is 103 cm³/mol. The topological polar surface area (TPSA) is 86.0 Å². The SMILES string of the molecule is C/C(=N\N=C(N)N)c1ccc(OCc2cccc3ccccc23)cc1. The number of hydrogen-bond acceptors (Lipinski definition) is 3. The summed E-state index contributed by atoms with van der Waals surface area (Å²) in [6, 6.07) is 22.2. The highest BCUT2D eigenvalue weighted by atomic mass is 16.5. The molecule has 3 aromatic carbocycles. The van der Waals surface area contributed by atoms with Crippen LogP contribution in [0.3, 0.4) is 0 Å². The zero-order valence-corrected chi connectivity index (χ0v) is 14.0. The van der Waals surface area contributed by atoms with Gasteiger partial charge < -0.3 is 16.2 Å². The van der Waals surface area contributed by atoms with Gasteiger partial charge in [0, 0.05) is 0 Å². The Morgan fingerprint density at radius 1 is 0.880 bits per heavy atom. The van der Waals surface area contributed by atoms with Crippen molar-refractivity contribution in [1.82, 2.24) is 0 Å². The van der Waals surface area contributed by atoms with Gasteiger partial charge in [-0.2, -0.15) is 5.10 Å². The third-order valence-corrected chi connectivity index (χ3v) is 3.86. The summed E-state index contributed by atoms with van der Waals surface area (Å²) >= 11 is 0. The van der Waals surface area contributed by atoms with Crippen molar-refractivity contribution in [2.45, 2.75) is 13.5 Å². The molecule has 3 aromatic rings. The van der Waals surface area contributed by atoms with Gasteiger partial charge in [0.2, 0.25) is 5.96 Å². The Morgan fingerprint density at radius 2 is 1.60 bits per heavy atom. The highest BCUT2D eigenvalue weighted by Gasteiger charge is 2.03. The number of nitrogens with zero attached hydrogens (tertiary/aromatic N) is 2. The van der Waals surface area contributed by atoms with Crippen molar-refractivity contribution in [1.29, 1.82) is 0 Å². The van der Waals surface area contributed by atoms with Crippen LogP contribution in [-0.2, 0) is 6.61 Å². The number of benzene rings is 3. The summed E-state index contributed by atoms with van der Waals surface area (Å²) in [5.74, 6) is 0.737. The molecular formula is C20H20N4O. The number of rotatable bonds is 5. The van der Waals surface area contributed by atoms with E-state index >= 15 is 0 Å². The van der Waals surface area contributed by atoms with Crippen LogP contribution in [0.4, 0.5) is 0 Å². The Bertz CT molecular complexity index is 921. The van der Waals surface area contributed by atoms with Crippen molar-refractivity contribution in [2.24, 2.45) is 21.7 Å². The molecule has 0 saturated carbocycles. The molecule has 126 valence electrons. The molecule has 4 N–H and O–H groups in total. The first kappa shape index (κ1) is 16.5. The van der Waals surface area contributed by atoms with Gasteiger partial charge in [0.15, 0.2) is 0 Å². The fourth-order valence-electron chi connectivity index (χ4n) is 2.56. The second-order valence-electron chi connectivity index (χ2n) is 5.66. The lowest BCUT2D eigenvalue weighted by Gasteiger charge is -2.09. The first-order valence-corrected chi connectivity index (χ1v) is 7.96. The lowest BCUT2D eigenvalue weighted by atomic mass is 10.1. The molecule has 0 atom stereocenters. The molecule has 0 aliphatic heterocycles. The lowest BCUT2D eigenvalue weighted by Crippen LogP contribution is -2.22. The van der Waals surface area contributed by atoms with Gasteiger partial charge in [-0.25, -0.2) is 0 Å². The zero-order valence-electron chi connectivity index (χ0n) is 14.0. The van der Waals surface area contributed by atoms with Crippen LogP contribution in [0.25, 0.3) is 10.8 Å². The average molecular weight is 332 g/mol. The fourth-order valence-corrected chi connectivity index (χ4v) is 2.56. The summed E-state index contributed by atoms with van der Waals surface area (Å²) in [7, 11) is 0. The van der Waals surface area contributed by atoms with E-state index in [2.05, 4.69) is 34.5 Å². The maximum atomic E-state index is 5.93. The van der Waals surface area contributed by atoms with Crippen molar-refractivity contribution in [2.75, 3.05) is 0 Å². The molecule has 0 heterocycles. The summed E-state index contributed by atoms with van der Waals surface area (Å²) in [6.07, 6.45) is 0. The van der Waals surface area contributed by atoms with Gasteiger partial charge in [-0.1, -0.05) is 42.5 Å². The van der Waals surface area contributed by atoms with E-state index in [9.17, 15) is 0 Å². The molecule has 0 radical (unpaired) electrons. The van der Waals surface area contributed by atoms with Crippen molar-refractivity contribution in [3.8, 4) is 5.75 Å². The number of guanidine groups is 1. The van der Waals surface area contributed by atoms with Crippen molar-refractivity contribution in [3.05, 3.63) is 77.9 Å². The summed E-state index contributed by atoms with van der Waals surface area (Å²) < 4.78 is 5.93. The number of nitrogens with two attached hydrogens (primary N) is 2. The molecule has 0 spiro atoms. The van der Waals surface area contributed by atoms with Gasteiger partial charge in [-0.05, 0) is 53.1 Å². The van der Waals surface area contributed by atoms with Crippen LogP contribution < -0.4 is 16.2 Å². The molecule has 0 aromatic heterocycles. The van der Waals surface area contributed by atoms with Crippen LogP contribution >= 0.6 is 0 Å². The van der Waals surface area contributed by atoms with Crippen molar-refractivity contribution >= 4 is 22.4 Å². The lowest BCUT2D eigenvalue weighted by molar-refractivity contribution is 0.307. The fraction of sp³-hybridized carbons (Fsp3) is 0.100. The predicted octanol–water partition coefficient (Wildman–Crippen LogP) is 3.42. The van der Waals surface area contributed by atoms with Crippen LogP contribution in [0.1, 0.15) is 18.1 Å². The number of hydrogen-bond donors (Lipinski definition) is 2. The minimum absolute atomic E-state index is 0.0607. The Balaban J connectivity index is 1.72. The normalized spacial score (nSPS) is 11.3. The molecule has 0 aliphatic carbocycles. The van der Waals surface area contributed by atoms with Crippen molar-refractivity contribution in [3.63, 3.8) is 0 Å². The summed E-state index contributed by atoms with van der Waals surface area (Å²) in [5.41, 5.74) is 13.4. The third-order valence-electron chi connectivity index (χ3n) is 3.86. The monoisotopic (exact) mass is 332 g/mol. The molecule has 0 bridgehead atoms.